The number of nitrogens with two attached hydrogens (primary N) is 1. The van der Waals surface area contributed by atoms with Crippen molar-refractivity contribution in [2.45, 2.75) is 25.9 Å². The topological polar surface area (TPSA) is 87.3 Å². The van der Waals surface area contributed by atoms with Crippen molar-refractivity contribution in [3.8, 4) is 0 Å². The quantitative estimate of drug-likeness (QED) is 0.563. The number of hydrogen-bond acceptors (Lipinski definition) is 7. The van der Waals surface area contributed by atoms with Crippen LogP contribution in [0.4, 0.5) is 5.82 Å². The molecule has 2 aromatic heterocycles. The van der Waals surface area contributed by atoms with E-state index < -0.39 is 0 Å². The number of nitrogen functional groups attached to an aromatic ring is 1. The number of anilines is 1. The number of hydrazine groups is 1. The van der Waals surface area contributed by atoms with E-state index in [0.29, 0.717) is 18.2 Å². The van der Waals surface area contributed by atoms with E-state index in [4.69, 9.17) is 5.84 Å². The molecule has 0 unspecified atom stereocenters. The average molecular weight is 281 g/mol. The first-order valence-electron chi connectivity index (χ1n) is 6.01. The summed E-state index contributed by atoms with van der Waals surface area (Å²) >= 11 is 1.56. The number of nitrogens with one attached hydrogen (secondary N) is 1. The lowest BCUT2D eigenvalue weighted by Crippen LogP contribution is -2.44. The lowest BCUT2D eigenvalue weighted by molar-refractivity contribution is 0.0715. The first-order chi connectivity index (χ1) is 8.97. The third-order valence-corrected chi connectivity index (χ3v) is 4.11. The lowest BCUT2D eigenvalue weighted by atomic mass is 10.1. The van der Waals surface area contributed by atoms with Crippen molar-refractivity contribution in [2.24, 2.45) is 5.84 Å². The van der Waals surface area contributed by atoms with Crippen LogP contribution in [0.3, 0.4) is 0 Å². The standard InChI is InChI=1S/C12H19N5OS/c1-12(2,7-18)17(3)6-9-14-10(16-13)8-4-5-19-11(8)15-9/h4-5,18H,6-7,13H2,1-3H3,(H,14,15,16). The molecule has 7 heteroatoms. The van der Waals surface area contributed by atoms with Crippen LogP contribution < -0.4 is 11.3 Å². The van der Waals surface area contributed by atoms with Crippen molar-refractivity contribution in [1.82, 2.24) is 14.9 Å². The zero-order valence-electron chi connectivity index (χ0n) is 11.3. The highest BCUT2D eigenvalue weighted by Crippen LogP contribution is 2.25. The van der Waals surface area contributed by atoms with Gasteiger partial charge < -0.3 is 10.5 Å². The van der Waals surface area contributed by atoms with Crippen LogP contribution in [0, 0.1) is 0 Å². The molecule has 0 saturated heterocycles. The molecule has 0 aliphatic heterocycles. The molecule has 0 fully saturated rings. The molecule has 104 valence electrons. The average Bonchev–Trinajstić information content (AvgIpc) is 2.85. The van der Waals surface area contributed by atoms with Gasteiger partial charge in [-0.15, -0.1) is 11.3 Å². The summed E-state index contributed by atoms with van der Waals surface area (Å²) in [6.07, 6.45) is 0. The first kappa shape index (κ1) is 14.1. The zero-order chi connectivity index (χ0) is 14.0. The van der Waals surface area contributed by atoms with Gasteiger partial charge in [-0.2, -0.15) is 0 Å². The Morgan fingerprint density at radius 3 is 2.84 bits per heavy atom. The molecule has 2 heterocycles. The second-order valence-corrected chi connectivity index (χ2v) is 5.99. The maximum atomic E-state index is 9.37. The molecule has 0 amide bonds. The number of aliphatic hydroxyl groups is 1. The van der Waals surface area contributed by atoms with Gasteiger partial charge in [0, 0.05) is 5.54 Å². The molecule has 0 aliphatic carbocycles. The van der Waals surface area contributed by atoms with Gasteiger partial charge in [0.15, 0.2) is 5.82 Å². The van der Waals surface area contributed by atoms with Crippen LogP contribution in [-0.2, 0) is 6.54 Å². The Hall–Kier alpha value is -1.28. The fraction of sp³-hybridized carbons (Fsp3) is 0.500. The number of aliphatic hydroxyl groups excluding tert-OH is 1. The van der Waals surface area contributed by atoms with Crippen LogP contribution in [0.25, 0.3) is 10.2 Å². The summed E-state index contributed by atoms with van der Waals surface area (Å²) in [4.78, 5) is 11.9. The number of rotatable bonds is 5. The lowest BCUT2D eigenvalue weighted by Gasteiger charge is -2.33. The van der Waals surface area contributed by atoms with Gasteiger partial charge in [0.25, 0.3) is 0 Å². The largest absolute Gasteiger partial charge is 0.394 e. The van der Waals surface area contributed by atoms with E-state index in [0.717, 1.165) is 10.2 Å². The first-order valence-corrected chi connectivity index (χ1v) is 6.88. The molecule has 0 bridgehead atoms. The van der Waals surface area contributed by atoms with Crippen LogP contribution in [0.1, 0.15) is 19.7 Å². The minimum atomic E-state index is -0.315. The van der Waals surface area contributed by atoms with Gasteiger partial charge >= 0.3 is 0 Å². The van der Waals surface area contributed by atoms with Crippen molar-refractivity contribution in [1.29, 1.82) is 0 Å². The van der Waals surface area contributed by atoms with E-state index in [1.165, 1.54) is 0 Å². The molecular formula is C12H19N5OS. The van der Waals surface area contributed by atoms with Gasteiger partial charge in [0.1, 0.15) is 10.7 Å². The Bertz CT molecular complexity index is 568. The fourth-order valence-electron chi connectivity index (χ4n) is 1.63. The maximum Gasteiger partial charge on any atom is 0.152 e. The molecular weight excluding hydrogens is 262 g/mol. The Morgan fingerprint density at radius 2 is 2.21 bits per heavy atom. The van der Waals surface area contributed by atoms with Crippen LogP contribution in [0.15, 0.2) is 11.4 Å². The Labute approximate surface area is 116 Å². The second kappa shape index (κ2) is 5.38. The van der Waals surface area contributed by atoms with Crippen molar-refractivity contribution >= 4 is 27.4 Å². The molecule has 4 N–H and O–H groups in total. The van der Waals surface area contributed by atoms with E-state index in [2.05, 4.69) is 15.4 Å². The SMILES string of the molecule is CN(Cc1nc(NN)c2ccsc2n1)C(C)(C)CO. The third-order valence-electron chi connectivity index (χ3n) is 3.31. The van der Waals surface area contributed by atoms with Crippen molar-refractivity contribution in [3.05, 3.63) is 17.3 Å². The van der Waals surface area contributed by atoms with Gasteiger partial charge in [-0.25, -0.2) is 15.8 Å². The summed E-state index contributed by atoms with van der Waals surface area (Å²) in [6.45, 7) is 4.57. The molecule has 2 rings (SSSR count). The Kier molecular flexibility index (Phi) is 4.00. The highest BCUT2D eigenvalue weighted by Gasteiger charge is 2.23. The fourth-order valence-corrected chi connectivity index (χ4v) is 2.41. The van der Waals surface area contributed by atoms with E-state index in [-0.39, 0.29) is 12.1 Å². The summed E-state index contributed by atoms with van der Waals surface area (Å²) in [7, 11) is 1.94. The van der Waals surface area contributed by atoms with Gasteiger partial charge in [-0.1, -0.05) is 0 Å². The van der Waals surface area contributed by atoms with Crippen molar-refractivity contribution < 1.29 is 5.11 Å². The number of likely N-dealkylation sites (N-methyl/N-ethyl adjacent to an activating group) is 1. The molecule has 0 aliphatic rings. The summed E-state index contributed by atoms with van der Waals surface area (Å²) in [5, 5.41) is 12.3. The number of hydrogen-bond donors (Lipinski definition) is 3. The van der Waals surface area contributed by atoms with Crippen LogP contribution in [0.5, 0.6) is 0 Å². The summed E-state index contributed by atoms with van der Waals surface area (Å²) in [6, 6.07) is 1.94. The summed E-state index contributed by atoms with van der Waals surface area (Å²) in [5.41, 5.74) is 2.29. The molecule has 2 aromatic rings. The Balaban J connectivity index is 2.30. The number of nitrogens with zero attached hydrogens (tertiary/aromatic N) is 3. The van der Waals surface area contributed by atoms with E-state index in [9.17, 15) is 5.11 Å². The summed E-state index contributed by atoms with van der Waals surface area (Å²) < 4.78 is 0. The molecule has 0 spiro atoms. The molecule has 0 saturated carbocycles. The predicted molar refractivity (Wildman–Crippen MR) is 77.9 cm³/mol. The smallest absolute Gasteiger partial charge is 0.152 e. The minimum Gasteiger partial charge on any atom is -0.394 e. The second-order valence-electron chi connectivity index (χ2n) is 5.10. The summed E-state index contributed by atoms with van der Waals surface area (Å²) in [5.74, 6) is 6.82. The van der Waals surface area contributed by atoms with E-state index in [1.54, 1.807) is 11.3 Å². The number of fused-ring (bicyclic) bond motifs is 1. The Morgan fingerprint density at radius 1 is 1.47 bits per heavy atom. The van der Waals surface area contributed by atoms with Gasteiger partial charge in [-0.3, -0.25) is 4.90 Å². The molecule has 0 atom stereocenters. The molecule has 6 nitrogen and oxygen atoms in total. The van der Waals surface area contributed by atoms with Crippen LogP contribution in [0.2, 0.25) is 0 Å². The van der Waals surface area contributed by atoms with Crippen molar-refractivity contribution in [2.75, 3.05) is 19.1 Å². The number of thiophene rings is 1. The molecule has 19 heavy (non-hydrogen) atoms. The van der Waals surface area contributed by atoms with E-state index in [1.807, 2.05) is 37.2 Å². The zero-order valence-corrected chi connectivity index (χ0v) is 12.2. The molecule has 0 aromatic carbocycles. The van der Waals surface area contributed by atoms with Crippen LogP contribution in [-0.4, -0.2) is 39.2 Å². The highest BCUT2D eigenvalue weighted by molar-refractivity contribution is 7.16. The number of aromatic nitrogens is 2. The maximum absolute atomic E-state index is 9.37. The van der Waals surface area contributed by atoms with Gasteiger partial charge in [0.05, 0.1) is 18.5 Å². The monoisotopic (exact) mass is 281 g/mol. The van der Waals surface area contributed by atoms with E-state index >= 15 is 0 Å². The van der Waals surface area contributed by atoms with Gasteiger partial charge in [-0.05, 0) is 32.3 Å². The van der Waals surface area contributed by atoms with Gasteiger partial charge in [0.2, 0.25) is 0 Å². The molecule has 0 radical (unpaired) electrons. The predicted octanol–water partition coefficient (Wildman–Crippen LogP) is 1.18. The highest BCUT2D eigenvalue weighted by atomic mass is 32.1. The van der Waals surface area contributed by atoms with Crippen LogP contribution >= 0.6 is 11.3 Å². The normalized spacial score (nSPS) is 12.3. The minimum absolute atomic E-state index is 0.0761. The third kappa shape index (κ3) is 2.84. The van der Waals surface area contributed by atoms with Crippen molar-refractivity contribution in [3.63, 3.8) is 0 Å².